The number of aliphatic hydroxyl groups is 1. The van der Waals surface area contributed by atoms with Gasteiger partial charge in [0, 0.05) is 12.0 Å². The zero-order valence-electron chi connectivity index (χ0n) is 8.21. The number of rotatable bonds is 2. The number of hydrogen-bond acceptors (Lipinski definition) is 2. The van der Waals surface area contributed by atoms with Crippen LogP contribution in [0.1, 0.15) is 18.4 Å². The Morgan fingerprint density at radius 1 is 1.33 bits per heavy atom. The molecule has 0 spiro atoms. The molecule has 1 fully saturated rings. The second-order valence-electron chi connectivity index (χ2n) is 4.18. The summed E-state index contributed by atoms with van der Waals surface area (Å²) in [6.45, 7) is 0.530. The molecule has 0 bridgehead atoms. The van der Waals surface area contributed by atoms with E-state index in [1.54, 1.807) is 6.07 Å². The van der Waals surface area contributed by atoms with Crippen molar-refractivity contribution in [2.24, 2.45) is 5.73 Å². The molecule has 1 aromatic carbocycles. The fraction of sp³-hybridized carbons (Fsp3) is 0.455. The third kappa shape index (κ3) is 1.87. The van der Waals surface area contributed by atoms with Crippen LogP contribution in [-0.2, 0) is 5.41 Å². The van der Waals surface area contributed by atoms with Crippen LogP contribution in [0.15, 0.2) is 18.2 Å². The number of hydrogen-bond donors (Lipinski definition) is 2. The zero-order chi connectivity index (χ0) is 11.1. The van der Waals surface area contributed by atoms with Crippen molar-refractivity contribution in [3.63, 3.8) is 0 Å². The van der Waals surface area contributed by atoms with Crippen molar-refractivity contribution in [2.75, 3.05) is 6.54 Å². The molecule has 2 rings (SSSR count). The molecule has 0 aliphatic heterocycles. The van der Waals surface area contributed by atoms with Crippen LogP contribution in [0.3, 0.4) is 0 Å². The molecule has 1 aliphatic rings. The molecule has 0 saturated heterocycles. The van der Waals surface area contributed by atoms with Crippen LogP contribution >= 0.6 is 23.2 Å². The van der Waals surface area contributed by atoms with E-state index in [0.29, 0.717) is 29.4 Å². The summed E-state index contributed by atoms with van der Waals surface area (Å²) in [7, 11) is 0. The van der Waals surface area contributed by atoms with Gasteiger partial charge in [-0.05, 0) is 30.5 Å². The molecule has 2 nitrogen and oxygen atoms in total. The monoisotopic (exact) mass is 245 g/mol. The summed E-state index contributed by atoms with van der Waals surface area (Å²) >= 11 is 11.8. The van der Waals surface area contributed by atoms with Gasteiger partial charge in [0.1, 0.15) is 0 Å². The minimum Gasteiger partial charge on any atom is -0.393 e. The third-order valence-corrected chi connectivity index (χ3v) is 3.91. The third-order valence-electron chi connectivity index (χ3n) is 3.18. The highest BCUT2D eigenvalue weighted by molar-refractivity contribution is 6.42. The lowest BCUT2D eigenvalue weighted by Crippen LogP contribution is -2.49. The normalized spacial score (nSPS) is 30.0. The molecular weight excluding hydrogens is 233 g/mol. The van der Waals surface area contributed by atoms with E-state index in [9.17, 15) is 5.11 Å². The summed E-state index contributed by atoms with van der Waals surface area (Å²) < 4.78 is 0. The highest BCUT2D eigenvalue weighted by atomic mass is 35.5. The first-order valence-corrected chi connectivity index (χ1v) is 5.67. The van der Waals surface area contributed by atoms with E-state index >= 15 is 0 Å². The largest absolute Gasteiger partial charge is 0.393 e. The lowest BCUT2D eigenvalue weighted by molar-refractivity contribution is 0.0222. The summed E-state index contributed by atoms with van der Waals surface area (Å²) in [5.41, 5.74) is 6.73. The fourth-order valence-corrected chi connectivity index (χ4v) is 2.49. The fourth-order valence-electron chi connectivity index (χ4n) is 2.19. The lowest BCUT2D eigenvalue weighted by Gasteiger charge is -2.45. The maximum absolute atomic E-state index is 9.39. The highest BCUT2D eigenvalue weighted by Gasteiger charge is 2.43. The van der Waals surface area contributed by atoms with Crippen molar-refractivity contribution in [1.82, 2.24) is 0 Å². The van der Waals surface area contributed by atoms with Gasteiger partial charge in [0.2, 0.25) is 0 Å². The van der Waals surface area contributed by atoms with Gasteiger partial charge in [0.25, 0.3) is 0 Å². The Kier molecular flexibility index (Phi) is 2.95. The molecular formula is C11H13Cl2NO. The average Bonchev–Trinajstić information content (AvgIpc) is 2.17. The Hall–Kier alpha value is -0.280. The number of nitrogens with two attached hydrogens (primary N) is 1. The molecule has 0 aromatic heterocycles. The van der Waals surface area contributed by atoms with Crippen molar-refractivity contribution in [3.05, 3.63) is 33.8 Å². The molecule has 1 aromatic rings. The molecule has 3 N–H and O–H groups in total. The van der Waals surface area contributed by atoms with Crippen molar-refractivity contribution in [2.45, 2.75) is 24.4 Å². The second kappa shape index (κ2) is 3.95. The van der Waals surface area contributed by atoms with Gasteiger partial charge in [-0.15, -0.1) is 0 Å². The quantitative estimate of drug-likeness (QED) is 0.841. The molecule has 0 unspecified atom stereocenters. The molecule has 0 radical (unpaired) electrons. The van der Waals surface area contributed by atoms with Crippen LogP contribution < -0.4 is 5.73 Å². The van der Waals surface area contributed by atoms with Gasteiger partial charge in [-0.25, -0.2) is 0 Å². The van der Waals surface area contributed by atoms with Crippen molar-refractivity contribution in [1.29, 1.82) is 0 Å². The number of benzene rings is 1. The minimum absolute atomic E-state index is 0.104. The summed E-state index contributed by atoms with van der Waals surface area (Å²) in [6, 6.07) is 5.57. The smallest absolute Gasteiger partial charge is 0.0595 e. The van der Waals surface area contributed by atoms with E-state index in [1.165, 1.54) is 0 Å². The number of halogens is 2. The lowest BCUT2D eigenvalue weighted by atomic mass is 9.63. The first-order valence-electron chi connectivity index (χ1n) is 4.91. The summed E-state index contributed by atoms with van der Waals surface area (Å²) in [4.78, 5) is 0. The zero-order valence-corrected chi connectivity index (χ0v) is 9.72. The van der Waals surface area contributed by atoms with E-state index in [0.717, 1.165) is 5.56 Å². The highest BCUT2D eigenvalue weighted by Crippen LogP contribution is 2.44. The van der Waals surface area contributed by atoms with Gasteiger partial charge in [0.15, 0.2) is 0 Å². The molecule has 1 saturated carbocycles. The topological polar surface area (TPSA) is 46.2 Å². The van der Waals surface area contributed by atoms with Crippen LogP contribution in [0.5, 0.6) is 0 Å². The van der Waals surface area contributed by atoms with Gasteiger partial charge in [-0.1, -0.05) is 29.3 Å². The van der Waals surface area contributed by atoms with Crippen molar-refractivity contribution >= 4 is 23.2 Å². The SMILES string of the molecule is NCC1(c2ccc(Cl)c(Cl)c2)CC(O)C1. The Morgan fingerprint density at radius 3 is 2.47 bits per heavy atom. The van der Waals surface area contributed by atoms with Crippen LogP contribution in [0, 0.1) is 0 Å². The molecule has 0 amide bonds. The van der Waals surface area contributed by atoms with Gasteiger partial charge >= 0.3 is 0 Å². The summed E-state index contributed by atoms with van der Waals surface area (Å²) in [6.07, 6.45) is 1.19. The van der Waals surface area contributed by atoms with E-state index in [-0.39, 0.29) is 11.5 Å². The van der Waals surface area contributed by atoms with Crippen molar-refractivity contribution in [3.8, 4) is 0 Å². The molecule has 82 valence electrons. The molecule has 0 heterocycles. The van der Waals surface area contributed by atoms with Gasteiger partial charge in [-0.2, -0.15) is 0 Å². The predicted molar refractivity (Wildman–Crippen MR) is 62.4 cm³/mol. The predicted octanol–water partition coefficient (Wildman–Crippen LogP) is 2.34. The summed E-state index contributed by atoms with van der Waals surface area (Å²) in [5.74, 6) is 0. The first-order chi connectivity index (χ1) is 7.07. The minimum atomic E-state index is -0.233. The van der Waals surface area contributed by atoms with Crippen molar-refractivity contribution < 1.29 is 5.11 Å². The van der Waals surface area contributed by atoms with E-state index in [2.05, 4.69) is 0 Å². The van der Waals surface area contributed by atoms with Gasteiger partial charge < -0.3 is 10.8 Å². The molecule has 4 heteroatoms. The van der Waals surface area contributed by atoms with Crippen LogP contribution in [0.2, 0.25) is 10.0 Å². The molecule has 0 atom stereocenters. The van der Waals surface area contributed by atoms with Crippen LogP contribution in [-0.4, -0.2) is 17.8 Å². The first kappa shape index (κ1) is 11.2. The van der Waals surface area contributed by atoms with Gasteiger partial charge in [0.05, 0.1) is 16.1 Å². The van der Waals surface area contributed by atoms with Crippen LogP contribution in [0.25, 0.3) is 0 Å². The Labute approximate surface area is 99.0 Å². The maximum atomic E-state index is 9.39. The Balaban J connectivity index is 2.32. The molecule has 15 heavy (non-hydrogen) atoms. The van der Waals surface area contributed by atoms with E-state index in [1.807, 2.05) is 12.1 Å². The number of aliphatic hydroxyl groups excluding tert-OH is 1. The standard InChI is InChI=1S/C11H13Cl2NO/c12-9-2-1-7(3-10(9)13)11(6-14)4-8(15)5-11/h1-3,8,15H,4-6,14H2. The summed E-state index contributed by atoms with van der Waals surface area (Å²) in [5, 5.41) is 10.5. The Bertz CT molecular complexity index is 375. The maximum Gasteiger partial charge on any atom is 0.0595 e. The van der Waals surface area contributed by atoms with E-state index < -0.39 is 0 Å². The van der Waals surface area contributed by atoms with Gasteiger partial charge in [-0.3, -0.25) is 0 Å². The van der Waals surface area contributed by atoms with E-state index in [4.69, 9.17) is 28.9 Å². The average molecular weight is 246 g/mol. The molecule has 1 aliphatic carbocycles. The van der Waals surface area contributed by atoms with Crippen LogP contribution in [0.4, 0.5) is 0 Å². The Morgan fingerprint density at radius 2 is 2.00 bits per heavy atom. The second-order valence-corrected chi connectivity index (χ2v) is 4.99.